The van der Waals surface area contributed by atoms with E-state index in [1.54, 1.807) is 23.5 Å². The maximum absolute atomic E-state index is 12.4. The maximum atomic E-state index is 12.4. The zero-order chi connectivity index (χ0) is 16.7. The Morgan fingerprint density at radius 3 is 2.43 bits per heavy atom. The van der Waals surface area contributed by atoms with E-state index >= 15 is 0 Å². The molecule has 1 aromatic carbocycles. The topological polar surface area (TPSA) is 71.2 Å². The molecule has 3 rings (SSSR count). The van der Waals surface area contributed by atoms with Gasteiger partial charge in [-0.1, -0.05) is 34.5 Å². The molecule has 1 amide bonds. The zero-order valence-corrected chi connectivity index (χ0v) is 15.3. The number of amides is 1. The smallest absolute Gasteiger partial charge is 0.265 e. The molecule has 2 heterocycles. The van der Waals surface area contributed by atoms with E-state index < -0.39 is 0 Å². The molecular formula is C14H12Cl2N4OS2. The number of nitrogen functional groups attached to an aromatic ring is 1. The molecule has 0 saturated carbocycles. The lowest BCUT2D eigenvalue weighted by Gasteiger charge is -2.07. The van der Waals surface area contributed by atoms with Crippen LogP contribution in [0.3, 0.4) is 0 Å². The van der Waals surface area contributed by atoms with E-state index in [1.807, 2.05) is 25.1 Å². The molecule has 0 saturated heterocycles. The van der Waals surface area contributed by atoms with Crippen LogP contribution in [-0.2, 0) is 0 Å². The number of rotatable bonds is 3. The van der Waals surface area contributed by atoms with Crippen LogP contribution >= 0.6 is 45.9 Å². The minimum absolute atomic E-state index is 0.233. The fourth-order valence-electron chi connectivity index (χ4n) is 1.88. The van der Waals surface area contributed by atoms with Crippen molar-refractivity contribution in [2.45, 2.75) is 0 Å². The second-order valence-corrected chi connectivity index (χ2v) is 7.83. The summed E-state index contributed by atoms with van der Waals surface area (Å²) in [4.78, 5) is 20.2. The van der Waals surface area contributed by atoms with Gasteiger partial charge in [-0.15, -0.1) is 11.3 Å². The summed E-state index contributed by atoms with van der Waals surface area (Å²) in [6.07, 6.45) is 0. The molecule has 0 aliphatic carbocycles. The van der Waals surface area contributed by atoms with E-state index in [4.69, 9.17) is 28.9 Å². The second-order valence-electron chi connectivity index (χ2n) is 4.98. The maximum Gasteiger partial charge on any atom is 0.265 e. The summed E-state index contributed by atoms with van der Waals surface area (Å²) in [6.45, 7) is 0. The van der Waals surface area contributed by atoms with E-state index in [2.05, 4.69) is 10.3 Å². The van der Waals surface area contributed by atoms with E-state index in [0.29, 0.717) is 26.3 Å². The van der Waals surface area contributed by atoms with Crippen LogP contribution in [0.4, 0.5) is 16.5 Å². The van der Waals surface area contributed by atoms with E-state index in [1.165, 1.54) is 11.3 Å². The van der Waals surface area contributed by atoms with Gasteiger partial charge in [0.15, 0.2) is 5.13 Å². The van der Waals surface area contributed by atoms with Crippen molar-refractivity contribution in [2.24, 2.45) is 0 Å². The van der Waals surface area contributed by atoms with Crippen molar-refractivity contribution >= 4 is 77.8 Å². The molecule has 3 aromatic rings. The minimum Gasteiger partial charge on any atom is -0.396 e. The number of nitrogens with one attached hydrogen (secondary N) is 1. The van der Waals surface area contributed by atoms with Crippen LogP contribution in [0.5, 0.6) is 0 Å². The molecule has 0 aliphatic rings. The SMILES string of the molecule is CN(C)c1nc2sc(C(=O)Nc3cc(Cl)c(N)c(Cl)c3)cc2s1. The van der Waals surface area contributed by atoms with Crippen LogP contribution in [0.15, 0.2) is 18.2 Å². The highest BCUT2D eigenvalue weighted by Gasteiger charge is 2.15. The van der Waals surface area contributed by atoms with Crippen molar-refractivity contribution in [3.05, 3.63) is 33.1 Å². The molecule has 0 radical (unpaired) electrons. The first-order valence-corrected chi connectivity index (χ1v) is 8.87. The third-order valence-electron chi connectivity index (χ3n) is 3.02. The number of hydrogen-bond acceptors (Lipinski definition) is 6. The van der Waals surface area contributed by atoms with Crippen LogP contribution in [-0.4, -0.2) is 25.0 Å². The predicted octanol–water partition coefficient (Wildman–Crippen LogP) is 4.57. The number of anilines is 3. The van der Waals surface area contributed by atoms with Gasteiger partial charge in [-0.2, -0.15) is 0 Å². The molecule has 0 spiro atoms. The van der Waals surface area contributed by atoms with Gasteiger partial charge in [-0.3, -0.25) is 4.79 Å². The highest BCUT2D eigenvalue weighted by Crippen LogP contribution is 2.35. The Kier molecular flexibility index (Phi) is 4.37. The molecule has 0 bridgehead atoms. The summed E-state index contributed by atoms with van der Waals surface area (Å²) >= 11 is 14.8. The molecule has 0 atom stereocenters. The molecule has 23 heavy (non-hydrogen) atoms. The number of nitrogens with zero attached hydrogens (tertiary/aromatic N) is 2. The summed E-state index contributed by atoms with van der Waals surface area (Å²) in [6, 6.07) is 4.97. The van der Waals surface area contributed by atoms with Crippen molar-refractivity contribution in [3.63, 3.8) is 0 Å². The fourth-order valence-corrected chi connectivity index (χ4v) is 4.39. The van der Waals surface area contributed by atoms with Gasteiger partial charge in [0.2, 0.25) is 0 Å². The number of carbonyl (C=O) groups excluding carboxylic acids is 1. The molecule has 2 aromatic heterocycles. The van der Waals surface area contributed by atoms with Crippen molar-refractivity contribution in [1.29, 1.82) is 0 Å². The Balaban J connectivity index is 1.84. The first-order chi connectivity index (χ1) is 10.8. The van der Waals surface area contributed by atoms with Gasteiger partial charge in [0.05, 0.1) is 25.3 Å². The van der Waals surface area contributed by atoms with Crippen molar-refractivity contribution in [2.75, 3.05) is 30.0 Å². The van der Waals surface area contributed by atoms with Crippen LogP contribution in [0.25, 0.3) is 9.53 Å². The Morgan fingerprint density at radius 1 is 1.22 bits per heavy atom. The van der Waals surface area contributed by atoms with E-state index in [9.17, 15) is 4.79 Å². The Labute approximate surface area is 150 Å². The van der Waals surface area contributed by atoms with Crippen LogP contribution < -0.4 is 16.0 Å². The molecule has 120 valence electrons. The van der Waals surface area contributed by atoms with Gasteiger partial charge < -0.3 is 16.0 Å². The minimum atomic E-state index is -0.233. The predicted molar refractivity (Wildman–Crippen MR) is 101 cm³/mol. The number of fused-ring (bicyclic) bond motifs is 1. The normalized spacial score (nSPS) is 11.0. The third-order valence-corrected chi connectivity index (χ3v) is 5.97. The number of thiazole rings is 1. The van der Waals surface area contributed by atoms with Crippen LogP contribution in [0, 0.1) is 0 Å². The van der Waals surface area contributed by atoms with E-state index in [0.717, 1.165) is 14.7 Å². The van der Waals surface area contributed by atoms with E-state index in [-0.39, 0.29) is 5.91 Å². The molecule has 0 fully saturated rings. The Morgan fingerprint density at radius 2 is 1.87 bits per heavy atom. The van der Waals surface area contributed by atoms with Gasteiger partial charge in [0, 0.05) is 19.8 Å². The summed E-state index contributed by atoms with van der Waals surface area (Å²) in [5, 5.41) is 4.29. The van der Waals surface area contributed by atoms with Gasteiger partial charge in [-0.25, -0.2) is 4.98 Å². The zero-order valence-electron chi connectivity index (χ0n) is 12.2. The number of halogens is 2. The van der Waals surface area contributed by atoms with Crippen LogP contribution in [0.2, 0.25) is 10.0 Å². The van der Waals surface area contributed by atoms with Gasteiger partial charge in [0.25, 0.3) is 5.91 Å². The number of hydrogen-bond donors (Lipinski definition) is 2. The molecule has 9 heteroatoms. The molecular weight excluding hydrogens is 375 g/mol. The lowest BCUT2D eigenvalue weighted by atomic mass is 10.2. The third kappa shape index (κ3) is 3.23. The average molecular weight is 387 g/mol. The Hall–Kier alpha value is -1.54. The molecule has 5 nitrogen and oxygen atoms in total. The Bertz CT molecular complexity index is 849. The monoisotopic (exact) mass is 386 g/mol. The van der Waals surface area contributed by atoms with Gasteiger partial charge in [-0.05, 0) is 18.2 Å². The molecule has 0 aliphatic heterocycles. The summed E-state index contributed by atoms with van der Waals surface area (Å²) in [5.41, 5.74) is 6.48. The van der Waals surface area contributed by atoms with Crippen LogP contribution in [0.1, 0.15) is 9.67 Å². The summed E-state index contributed by atoms with van der Waals surface area (Å²) < 4.78 is 0.984. The molecule has 0 unspecified atom stereocenters. The van der Waals surface area contributed by atoms with Gasteiger partial charge in [0.1, 0.15) is 4.83 Å². The summed E-state index contributed by atoms with van der Waals surface area (Å²) in [5.74, 6) is -0.233. The van der Waals surface area contributed by atoms with Gasteiger partial charge >= 0.3 is 0 Å². The standard InChI is InChI=1S/C14H12Cl2N4OS2/c1-20(2)14-19-13-10(23-14)5-9(22-13)12(21)18-6-3-7(15)11(17)8(16)4-6/h3-5H,17H2,1-2H3,(H,18,21). The average Bonchev–Trinajstić information content (AvgIpc) is 3.03. The quantitative estimate of drug-likeness (QED) is 0.646. The fraction of sp³-hybridized carbons (Fsp3) is 0.143. The largest absolute Gasteiger partial charge is 0.396 e. The van der Waals surface area contributed by atoms with Crippen molar-refractivity contribution in [1.82, 2.24) is 4.98 Å². The highest BCUT2D eigenvalue weighted by atomic mass is 35.5. The summed E-state index contributed by atoms with van der Waals surface area (Å²) in [7, 11) is 3.87. The number of nitrogens with two attached hydrogens (primary N) is 1. The number of thiophene rings is 1. The second kappa shape index (κ2) is 6.16. The lowest BCUT2D eigenvalue weighted by Crippen LogP contribution is -2.10. The first-order valence-electron chi connectivity index (χ1n) is 6.48. The van der Waals surface area contributed by atoms with Crippen molar-refractivity contribution < 1.29 is 4.79 Å². The van der Waals surface area contributed by atoms with Crippen molar-refractivity contribution in [3.8, 4) is 0 Å². The first kappa shape index (κ1) is 16.3. The highest BCUT2D eigenvalue weighted by molar-refractivity contribution is 7.29. The molecule has 3 N–H and O–H groups in total. The number of benzene rings is 1. The lowest BCUT2D eigenvalue weighted by molar-refractivity contribution is 0.103. The number of carbonyl (C=O) groups is 1. The number of aromatic nitrogens is 1.